The third-order valence-corrected chi connectivity index (χ3v) is 2.83. The number of aliphatic hydroxyl groups excluding tert-OH is 1. The number of aliphatic hydroxyl groups is 1. The molecule has 0 aliphatic carbocycles. The summed E-state index contributed by atoms with van der Waals surface area (Å²) in [4.78, 5) is 9.76. The van der Waals surface area contributed by atoms with Gasteiger partial charge in [0.25, 0.3) is 0 Å². The van der Waals surface area contributed by atoms with E-state index in [-0.39, 0.29) is 11.8 Å². The number of methoxy groups -OCH3 is 1. The molecule has 1 rings (SSSR count). The van der Waals surface area contributed by atoms with Gasteiger partial charge in [0.15, 0.2) is 16.7 Å². The van der Waals surface area contributed by atoms with Crippen LogP contribution in [0, 0.1) is 0 Å². The van der Waals surface area contributed by atoms with Gasteiger partial charge in [0.2, 0.25) is 0 Å². The van der Waals surface area contributed by atoms with Gasteiger partial charge in [-0.1, -0.05) is 11.6 Å². The van der Waals surface area contributed by atoms with E-state index in [1.54, 1.807) is 4.90 Å². The van der Waals surface area contributed by atoms with Crippen molar-refractivity contribution in [3.8, 4) is 5.75 Å². The standard InChI is InChI=1S/C10H16ClN3O2/c1-10(2,5-15)14(3)9-7(16-4)8(11)12-6-13-9/h6,15H,5H2,1-4H3. The van der Waals surface area contributed by atoms with Gasteiger partial charge in [0, 0.05) is 7.05 Å². The van der Waals surface area contributed by atoms with E-state index in [2.05, 4.69) is 9.97 Å². The van der Waals surface area contributed by atoms with Crippen molar-refractivity contribution in [3.05, 3.63) is 11.5 Å². The Balaban J connectivity index is 3.18. The first-order chi connectivity index (χ1) is 7.44. The fourth-order valence-electron chi connectivity index (χ4n) is 1.15. The molecule has 0 fully saturated rings. The topological polar surface area (TPSA) is 58.5 Å². The van der Waals surface area contributed by atoms with Crippen LogP contribution in [0.5, 0.6) is 5.75 Å². The maximum absolute atomic E-state index is 9.30. The van der Waals surface area contributed by atoms with Gasteiger partial charge in [0.05, 0.1) is 19.3 Å². The number of rotatable bonds is 4. The van der Waals surface area contributed by atoms with Crippen LogP contribution in [0.3, 0.4) is 0 Å². The highest BCUT2D eigenvalue weighted by Gasteiger charge is 2.27. The molecule has 0 spiro atoms. The van der Waals surface area contributed by atoms with Gasteiger partial charge in [-0.3, -0.25) is 0 Å². The maximum Gasteiger partial charge on any atom is 0.199 e. The number of likely N-dealkylation sites (N-methyl/N-ethyl adjacent to an activating group) is 1. The van der Waals surface area contributed by atoms with E-state index in [4.69, 9.17) is 16.3 Å². The molecule has 0 amide bonds. The predicted molar refractivity (Wildman–Crippen MR) is 63.2 cm³/mol. The van der Waals surface area contributed by atoms with Crippen molar-refractivity contribution < 1.29 is 9.84 Å². The Morgan fingerprint density at radius 3 is 2.62 bits per heavy atom. The average Bonchev–Trinajstić information content (AvgIpc) is 2.27. The predicted octanol–water partition coefficient (Wildman–Crippen LogP) is 1.35. The molecule has 16 heavy (non-hydrogen) atoms. The normalized spacial score (nSPS) is 11.4. The van der Waals surface area contributed by atoms with Gasteiger partial charge in [-0.2, -0.15) is 0 Å². The lowest BCUT2D eigenvalue weighted by atomic mass is 10.1. The molecule has 0 bridgehead atoms. The molecule has 0 aliphatic rings. The van der Waals surface area contributed by atoms with Crippen molar-refractivity contribution in [2.24, 2.45) is 0 Å². The zero-order chi connectivity index (χ0) is 12.3. The van der Waals surface area contributed by atoms with Crippen molar-refractivity contribution in [2.45, 2.75) is 19.4 Å². The lowest BCUT2D eigenvalue weighted by Crippen LogP contribution is -2.45. The van der Waals surface area contributed by atoms with E-state index >= 15 is 0 Å². The summed E-state index contributed by atoms with van der Waals surface area (Å²) in [7, 11) is 3.32. The fraction of sp³-hybridized carbons (Fsp3) is 0.600. The molecule has 6 heteroatoms. The summed E-state index contributed by atoms with van der Waals surface area (Å²) < 4.78 is 5.16. The van der Waals surface area contributed by atoms with Gasteiger partial charge in [-0.15, -0.1) is 0 Å². The number of anilines is 1. The molecule has 0 saturated heterocycles. The zero-order valence-electron chi connectivity index (χ0n) is 9.86. The number of nitrogens with zero attached hydrogens (tertiary/aromatic N) is 3. The summed E-state index contributed by atoms with van der Waals surface area (Å²) in [5.74, 6) is 0.967. The van der Waals surface area contributed by atoms with Gasteiger partial charge >= 0.3 is 0 Å². The van der Waals surface area contributed by atoms with Gasteiger partial charge < -0.3 is 14.7 Å². The maximum atomic E-state index is 9.30. The van der Waals surface area contributed by atoms with Crippen LogP contribution in [0.15, 0.2) is 6.33 Å². The van der Waals surface area contributed by atoms with Crippen molar-refractivity contribution >= 4 is 17.4 Å². The summed E-state index contributed by atoms with van der Waals surface area (Å²) in [5, 5.41) is 9.56. The molecule has 1 aromatic heterocycles. The van der Waals surface area contributed by atoms with Crippen LogP contribution in [-0.4, -0.2) is 41.4 Å². The lowest BCUT2D eigenvalue weighted by Gasteiger charge is -2.35. The molecule has 0 saturated carbocycles. The molecule has 0 atom stereocenters. The van der Waals surface area contributed by atoms with Crippen LogP contribution < -0.4 is 9.64 Å². The van der Waals surface area contributed by atoms with E-state index in [1.807, 2.05) is 20.9 Å². The van der Waals surface area contributed by atoms with E-state index in [1.165, 1.54) is 13.4 Å². The first kappa shape index (κ1) is 13.0. The first-order valence-electron chi connectivity index (χ1n) is 4.83. The molecule has 1 aromatic rings. The van der Waals surface area contributed by atoms with E-state index in [9.17, 15) is 5.11 Å². The minimum atomic E-state index is -0.453. The molecule has 1 N–H and O–H groups in total. The quantitative estimate of drug-likeness (QED) is 0.812. The minimum absolute atomic E-state index is 0.00568. The highest BCUT2D eigenvalue weighted by atomic mass is 35.5. The van der Waals surface area contributed by atoms with Crippen molar-refractivity contribution in [1.29, 1.82) is 0 Å². The smallest absolute Gasteiger partial charge is 0.199 e. The van der Waals surface area contributed by atoms with Crippen molar-refractivity contribution in [1.82, 2.24) is 9.97 Å². The van der Waals surface area contributed by atoms with Crippen LogP contribution >= 0.6 is 11.6 Å². The molecule has 0 aliphatic heterocycles. The summed E-state index contributed by atoms with van der Waals surface area (Å²) in [6.07, 6.45) is 1.37. The van der Waals surface area contributed by atoms with Gasteiger partial charge in [-0.05, 0) is 13.8 Å². The average molecular weight is 246 g/mol. The van der Waals surface area contributed by atoms with Crippen LogP contribution in [0.2, 0.25) is 5.15 Å². The Labute approximate surface area is 100 Å². The molecule has 1 heterocycles. The monoisotopic (exact) mass is 245 g/mol. The second kappa shape index (κ2) is 4.84. The molecule has 90 valence electrons. The summed E-state index contributed by atoms with van der Waals surface area (Å²) in [5.41, 5.74) is -0.453. The van der Waals surface area contributed by atoms with Crippen LogP contribution in [0.4, 0.5) is 5.82 Å². The summed E-state index contributed by atoms with van der Waals surface area (Å²) >= 11 is 5.90. The number of hydrogen-bond acceptors (Lipinski definition) is 5. The van der Waals surface area contributed by atoms with Crippen molar-refractivity contribution in [2.75, 3.05) is 25.7 Å². The van der Waals surface area contributed by atoms with Gasteiger partial charge in [0.1, 0.15) is 6.33 Å². The molecular weight excluding hydrogens is 230 g/mol. The Kier molecular flexibility index (Phi) is 3.93. The Hall–Kier alpha value is -1.07. The Bertz CT molecular complexity index is 371. The molecule has 5 nitrogen and oxygen atoms in total. The highest BCUT2D eigenvalue weighted by molar-refractivity contribution is 6.31. The summed E-state index contributed by atoms with van der Waals surface area (Å²) in [6.45, 7) is 3.78. The summed E-state index contributed by atoms with van der Waals surface area (Å²) in [6, 6.07) is 0. The number of halogens is 1. The van der Waals surface area contributed by atoms with Crippen LogP contribution in [-0.2, 0) is 0 Å². The SMILES string of the molecule is COc1c(Cl)ncnc1N(C)C(C)(C)CO. The van der Waals surface area contributed by atoms with Crippen LogP contribution in [0.1, 0.15) is 13.8 Å². The first-order valence-corrected chi connectivity index (χ1v) is 5.21. The number of ether oxygens (including phenoxy) is 1. The largest absolute Gasteiger partial charge is 0.490 e. The highest BCUT2D eigenvalue weighted by Crippen LogP contribution is 2.33. The fourth-order valence-corrected chi connectivity index (χ4v) is 1.36. The number of hydrogen-bond donors (Lipinski definition) is 1. The molecule has 0 unspecified atom stereocenters. The van der Waals surface area contributed by atoms with Gasteiger partial charge in [-0.25, -0.2) is 9.97 Å². The Morgan fingerprint density at radius 2 is 2.12 bits per heavy atom. The minimum Gasteiger partial charge on any atom is -0.490 e. The van der Waals surface area contributed by atoms with E-state index < -0.39 is 5.54 Å². The van der Waals surface area contributed by atoms with Crippen LogP contribution in [0.25, 0.3) is 0 Å². The lowest BCUT2D eigenvalue weighted by molar-refractivity contribution is 0.215. The van der Waals surface area contributed by atoms with Crippen molar-refractivity contribution in [3.63, 3.8) is 0 Å². The second-order valence-electron chi connectivity index (χ2n) is 4.05. The third-order valence-electron chi connectivity index (χ3n) is 2.56. The molecule has 0 radical (unpaired) electrons. The third kappa shape index (κ3) is 2.36. The van der Waals surface area contributed by atoms with E-state index in [0.717, 1.165) is 0 Å². The molecular formula is C10H16ClN3O2. The van der Waals surface area contributed by atoms with E-state index in [0.29, 0.717) is 11.6 Å². The molecule has 0 aromatic carbocycles. The Morgan fingerprint density at radius 1 is 1.50 bits per heavy atom. The zero-order valence-corrected chi connectivity index (χ0v) is 10.6. The second-order valence-corrected chi connectivity index (χ2v) is 4.41. The number of aromatic nitrogens is 2.